The van der Waals surface area contributed by atoms with Gasteiger partial charge in [-0.05, 0) is 87.0 Å². The lowest BCUT2D eigenvalue weighted by Gasteiger charge is -2.64. The molecule has 6 aliphatic rings. The van der Waals surface area contributed by atoms with Crippen LogP contribution < -0.4 is 11.1 Å². The number of nitrogens with one attached hydrogen (secondary N) is 1. The Bertz CT molecular complexity index is 675. The van der Waals surface area contributed by atoms with Crippen LogP contribution in [-0.2, 0) is 14.1 Å². The van der Waals surface area contributed by atoms with Crippen LogP contribution in [0, 0.1) is 35.0 Å². The van der Waals surface area contributed by atoms with E-state index in [1.54, 1.807) is 0 Å². The van der Waals surface area contributed by atoms with E-state index in [-0.39, 0.29) is 24.7 Å². The van der Waals surface area contributed by atoms with Gasteiger partial charge in [-0.15, -0.1) is 0 Å². The van der Waals surface area contributed by atoms with E-state index in [9.17, 15) is 9.90 Å². The first-order valence-corrected chi connectivity index (χ1v) is 11.2. The zero-order valence-corrected chi connectivity index (χ0v) is 17.4. The van der Waals surface area contributed by atoms with Gasteiger partial charge in [0.2, 0.25) is 0 Å². The summed E-state index contributed by atoms with van der Waals surface area (Å²) in [4.78, 5) is 11.9. The maximum absolute atomic E-state index is 11.9. The van der Waals surface area contributed by atoms with Crippen LogP contribution >= 0.6 is 0 Å². The third kappa shape index (κ3) is 2.52. The fourth-order valence-electron chi connectivity index (χ4n) is 7.71. The Labute approximate surface area is 168 Å². The number of carbonyl (C=O) groups is 1. The van der Waals surface area contributed by atoms with Crippen LogP contribution in [0.3, 0.4) is 0 Å². The molecule has 7 heteroatoms. The van der Waals surface area contributed by atoms with Crippen LogP contribution in [0.4, 0.5) is 0 Å². The van der Waals surface area contributed by atoms with Crippen LogP contribution in [0.15, 0.2) is 0 Å². The summed E-state index contributed by atoms with van der Waals surface area (Å²) in [6.07, 6.45) is 5.78. The molecule has 0 aromatic heterocycles. The number of carboxylic acids is 1. The topological polar surface area (TPSA) is 93.8 Å². The van der Waals surface area contributed by atoms with Crippen molar-refractivity contribution in [2.24, 2.45) is 40.7 Å². The highest BCUT2D eigenvalue weighted by Gasteiger charge is 2.67. The summed E-state index contributed by atoms with van der Waals surface area (Å²) in [7, 11) is -0.152. The van der Waals surface area contributed by atoms with Gasteiger partial charge in [0.1, 0.15) is 5.54 Å². The molecule has 4 saturated carbocycles. The largest absolute Gasteiger partial charge is 0.480 e. The molecule has 4 unspecified atom stereocenters. The van der Waals surface area contributed by atoms with Crippen molar-refractivity contribution < 1.29 is 19.2 Å². The predicted octanol–water partition coefficient (Wildman–Crippen LogP) is 2.13. The van der Waals surface area contributed by atoms with Crippen LogP contribution in [-0.4, -0.2) is 48.5 Å². The number of carboxylic acid groups (broad SMARTS) is 1. The minimum absolute atomic E-state index is 0.0380. The third-order valence-corrected chi connectivity index (χ3v) is 9.53. The summed E-state index contributed by atoms with van der Waals surface area (Å²) in [5, 5.41) is 13.2. The fraction of sp³-hybridized carbons (Fsp3) is 0.952. The second kappa shape index (κ2) is 6.19. The summed E-state index contributed by atoms with van der Waals surface area (Å²) in [6.45, 7) is 8.81. The highest BCUT2D eigenvalue weighted by Crippen LogP contribution is 2.65. The van der Waals surface area contributed by atoms with Gasteiger partial charge < -0.3 is 25.5 Å². The summed E-state index contributed by atoms with van der Waals surface area (Å²) >= 11 is 0. The average molecular weight is 390 g/mol. The number of rotatable bonds is 5. The van der Waals surface area contributed by atoms with Crippen LogP contribution in [0.2, 0.25) is 6.32 Å². The van der Waals surface area contributed by atoms with Crippen molar-refractivity contribution in [2.45, 2.75) is 76.4 Å². The van der Waals surface area contributed by atoms with Crippen molar-refractivity contribution in [1.29, 1.82) is 0 Å². The minimum Gasteiger partial charge on any atom is -0.480 e. The Morgan fingerprint density at radius 3 is 2.79 bits per heavy atom. The minimum atomic E-state index is -1.07. The predicted molar refractivity (Wildman–Crippen MR) is 107 cm³/mol. The molecule has 0 aromatic rings. The number of nitrogens with two attached hydrogens (primary N) is 1. The van der Waals surface area contributed by atoms with E-state index in [1.807, 2.05) is 0 Å². The molecule has 2 heterocycles. The lowest BCUT2D eigenvalue weighted by molar-refractivity contribution is -0.199. The Kier molecular flexibility index (Phi) is 4.28. The summed E-state index contributed by atoms with van der Waals surface area (Å²) < 4.78 is 12.8. The lowest BCUT2D eigenvalue weighted by atomic mass is 9.43. The highest BCUT2D eigenvalue weighted by molar-refractivity contribution is 6.45. The van der Waals surface area contributed by atoms with E-state index in [0.29, 0.717) is 29.6 Å². The van der Waals surface area contributed by atoms with E-state index in [4.69, 9.17) is 15.0 Å². The second-order valence-electron chi connectivity index (χ2n) is 11.1. The first kappa shape index (κ1) is 19.3. The molecule has 2 aliphatic heterocycles. The van der Waals surface area contributed by atoms with Crippen molar-refractivity contribution in [1.82, 2.24) is 5.32 Å². The van der Waals surface area contributed by atoms with E-state index in [2.05, 4.69) is 26.1 Å². The molecule has 0 amide bonds. The molecule has 4 aliphatic carbocycles. The zero-order chi connectivity index (χ0) is 19.9. The van der Waals surface area contributed by atoms with E-state index in [1.165, 1.54) is 6.42 Å². The molecule has 28 heavy (non-hydrogen) atoms. The van der Waals surface area contributed by atoms with Crippen molar-refractivity contribution in [3.05, 3.63) is 0 Å². The van der Waals surface area contributed by atoms with E-state index < -0.39 is 11.5 Å². The Morgan fingerprint density at radius 2 is 2.07 bits per heavy atom. The highest BCUT2D eigenvalue weighted by atomic mass is 16.7. The first-order chi connectivity index (χ1) is 13.2. The smallest absolute Gasteiger partial charge is 0.457 e. The van der Waals surface area contributed by atoms with Crippen LogP contribution in [0.25, 0.3) is 0 Å². The van der Waals surface area contributed by atoms with Gasteiger partial charge >= 0.3 is 13.1 Å². The Balaban J connectivity index is 1.20. The fourth-order valence-corrected chi connectivity index (χ4v) is 7.71. The number of hydrogen-bond acceptors (Lipinski definition) is 5. The average Bonchev–Trinajstić information content (AvgIpc) is 3.26. The van der Waals surface area contributed by atoms with Crippen LogP contribution in [0.1, 0.15) is 52.9 Å². The molecule has 6 nitrogen and oxygen atoms in total. The quantitative estimate of drug-likeness (QED) is 0.623. The summed E-state index contributed by atoms with van der Waals surface area (Å²) in [5.74, 6) is 1.34. The molecule has 0 aromatic carbocycles. The lowest BCUT2D eigenvalue weighted by Crippen LogP contribution is -2.65. The SMILES string of the molecule is CC1(C)[C@H]2C[C@@H]3OB(CCCC4C5CNCC5CC4(N)C(=O)O)O[C@]3(C)[C@@H]1C2. The summed E-state index contributed by atoms with van der Waals surface area (Å²) in [6, 6.07) is 0. The second-order valence-corrected chi connectivity index (χ2v) is 11.1. The molecule has 156 valence electrons. The first-order valence-electron chi connectivity index (χ1n) is 11.2. The van der Waals surface area contributed by atoms with Crippen LogP contribution in [0.5, 0.6) is 0 Å². The van der Waals surface area contributed by atoms with E-state index in [0.717, 1.165) is 44.6 Å². The standard InChI is InChI=1S/C21H35BN2O4/c1-19(2)13-7-16(19)20(3)17(8-13)27-22(28-20)6-4-5-15-14-11-24-10-12(14)9-21(15,23)18(25)26/h12-17,24H,4-11,23H2,1-3H3,(H,25,26)/t12?,13-,14?,15?,16-,17+,20-,21?/m1/s1. The molecule has 6 rings (SSSR count). The molecule has 0 spiro atoms. The molecule has 6 fully saturated rings. The van der Waals surface area contributed by atoms with E-state index >= 15 is 0 Å². The summed E-state index contributed by atoms with van der Waals surface area (Å²) in [5.41, 5.74) is 5.54. The molecule has 2 saturated heterocycles. The third-order valence-electron chi connectivity index (χ3n) is 9.53. The molecule has 8 atom stereocenters. The maximum Gasteiger partial charge on any atom is 0.457 e. The van der Waals surface area contributed by atoms with Gasteiger partial charge in [-0.3, -0.25) is 4.79 Å². The van der Waals surface area contributed by atoms with Crippen molar-refractivity contribution in [2.75, 3.05) is 13.1 Å². The Morgan fingerprint density at radius 1 is 1.29 bits per heavy atom. The van der Waals surface area contributed by atoms with Gasteiger partial charge in [0, 0.05) is 0 Å². The number of aliphatic carboxylic acids is 1. The van der Waals surface area contributed by atoms with Crippen molar-refractivity contribution >= 4 is 13.1 Å². The van der Waals surface area contributed by atoms with Gasteiger partial charge in [0.05, 0.1) is 11.7 Å². The molecular weight excluding hydrogens is 355 g/mol. The Hall–Kier alpha value is -0.625. The normalized spacial score (nSPS) is 50.9. The zero-order valence-electron chi connectivity index (χ0n) is 17.4. The van der Waals surface area contributed by atoms with Gasteiger partial charge in [0.15, 0.2) is 0 Å². The molecule has 2 bridgehead atoms. The van der Waals surface area contributed by atoms with Crippen molar-refractivity contribution in [3.8, 4) is 0 Å². The molecule has 4 N–H and O–H groups in total. The number of hydrogen-bond donors (Lipinski definition) is 3. The van der Waals surface area contributed by atoms with Gasteiger partial charge in [-0.25, -0.2) is 0 Å². The monoisotopic (exact) mass is 390 g/mol. The van der Waals surface area contributed by atoms with Gasteiger partial charge in [-0.2, -0.15) is 0 Å². The number of fused-ring (bicyclic) bond motifs is 1. The van der Waals surface area contributed by atoms with Gasteiger partial charge in [-0.1, -0.05) is 20.3 Å². The maximum atomic E-state index is 11.9. The van der Waals surface area contributed by atoms with Gasteiger partial charge in [0.25, 0.3) is 0 Å². The van der Waals surface area contributed by atoms with Crippen molar-refractivity contribution in [3.63, 3.8) is 0 Å². The molecule has 0 radical (unpaired) electrons. The molecular formula is C21H35BN2O4.